The number of aryl methyl sites for hydroxylation is 1. The van der Waals surface area contributed by atoms with Crippen molar-refractivity contribution in [2.45, 2.75) is 20.3 Å². The van der Waals surface area contributed by atoms with Gasteiger partial charge in [-0.2, -0.15) is 0 Å². The maximum absolute atomic E-state index is 10.4. The van der Waals surface area contributed by atoms with Crippen molar-refractivity contribution >= 4 is 5.97 Å². The maximum Gasteiger partial charge on any atom is 0.303 e. The lowest BCUT2D eigenvalue weighted by Gasteiger charge is -2.11. The predicted molar refractivity (Wildman–Crippen MR) is 58.1 cm³/mol. The van der Waals surface area contributed by atoms with Crippen LogP contribution in [0.15, 0.2) is 24.3 Å². The van der Waals surface area contributed by atoms with Crippen molar-refractivity contribution in [2.24, 2.45) is 5.92 Å². The Morgan fingerprint density at radius 3 is 2.87 bits per heavy atom. The van der Waals surface area contributed by atoms with Gasteiger partial charge in [-0.05, 0) is 24.6 Å². The van der Waals surface area contributed by atoms with E-state index in [1.807, 2.05) is 38.1 Å². The number of ether oxygens (including phenoxy) is 1. The lowest BCUT2D eigenvalue weighted by molar-refractivity contribution is -0.138. The largest absolute Gasteiger partial charge is 0.493 e. The zero-order valence-electron chi connectivity index (χ0n) is 9.06. The van der Waals surface area contributed by atoms with Crippen molar-refractivity contribution in [3.8, 4) is 5.75 Å². The Morgan fingerprint density at radius 2 is 2.27 bits per heavy atom. The van der Waals surface area contributed by atoms with Crippen LogP contribution in [0.1, 0.15) is 18.9 Å². The molecule has 0 aliphatic carbocycles. The molecule has 0 fully saturated rings. The van der Waals surface area contributed by atoms with Crippen LogP contribution in [0.25, 0.3) is 0 Å². The van der Waals surface area contributed by atoms with Gasteiger partial charge in [0.2, 0.25) is 0 Å². The van der Waals surface area contributed by atoms with E-state index in [0.717, 1.165) is 11.3 Å². The zero-order valence-corrected chi connectivity index (χ0v) is 9.06. The number of carboxylic acid groups (broad SMARTS) is 1. The topological polar surface area (TPSA) is 46.5 Å². The molecule has 1 rings (SSSR count). The van der Waals surface area contributed by atoms with E-state index in [1.165, 1.54) is 0 Å². The van der Waals surface area contributed by atoms with Crippen LogP contribution in [-0.2, 0) is 4.79 Å². The fraction of sp³-hybridized carbons (Fsp3) is 0.417. The lowest BCUT2D eigenvalue weighted by Crippen LogP contribution is -2.12. The fourth-order valence-electron chi connectivity index (χ4n) is 1.30. The molecule has 0 heterocycles. The first-order chi connectivity index (χ1) is 7.08. The minimum absolute atomic E-state index is 0.0306. The van der Waals surface area contributed by atoms with Gasteiger partial charge in [-0.1, -0.05) is 19.1 Å². The van der Waals surface area contributed by atoms with Gasteiger partial charge in [0.1, 0.15) is 5.75 Å². The van der Waals surface area contributed by atoms with E-state index in [4.69, 9.17) is 9.84 Å². The van der Waals surface area contributed by atoms with Gasteiger partial charge in [0, 0.05) is 5.92 Å². The average Bonchev–Trinajstić information content (AvgIpc) is 2.14. The Balaban J connectivity index is 2.40. The van der Waals surface area contributed by atoms with Crippen LogP contribution in [0, 0.1) is 12.8 Å². The molecule has 0 aliphatic heterocycles. The third kappa shape index (κ3) is 4.49. The van der Waals surface area contributed by atoms with Crippen molar-refractivity contribution in [1.29, 1.82) is 0 Å². The second-order valence-corrected chi connectivity index (χ2v) is 3.83. The molecule has 15 heavy (non-hydrogen) atoms. The highest BCUT2D eigenvalue weighted by atomic mass is 16.5. The quantitative estimate of drug-likeness (QED) is 0.808. The molecule has 0 radical (unpaired) electrons. The zero-order chi connectivity index (χ0) is 11.3. The van der Waals surface area contributed by atoms with Crippen LogP contribution in [0.4, 0.5) is 0 Å². The molecule has 82 valence electrons. The van der Waals surface area contributed by atoms with Crippen LogP contribution < -0.4 is 4.74 Å². The van der Waals surface area contributed by atoms with E-state index < -0.39 is 5.97 Å². The number of carbonyl (C=O) groups is 1. The highest BCUT2D eigenvalue weighted by Crippen LogP contribution is 2.14. The summed E-state index contributed by atoms with van der Waals surface area (Å²) in [6, 6.07) is 7.73. The van der Waals surface area contributed by atoms with Gasteiger partial charge in [0.25, 0.3) is 0 Å². The van der Waals surface area contributed by atoms with E-state index in [-0.39, 0.29) is 12.3 Å². The molecule has 1 N–H and O–H groups in total. The van der Waals surface area contributed by atoms with E-state index in [9.17, 15) is 4.79 Å². The number of benzene rings is 1. The van der Waals surface area contributed by atoms with Crippen molar-refractivity contribution in [3.05, 3.63) is 29.8 Å². The molecular formula is C12H16O3. The third-order valence-corrected chi connectivity index (χ3v) is 2.05. The molecule has 0 aliphatic rings. The smallest absolute Gasteiger partial charge is 0.303 e. The Bertz CT molecular complexity index is 333. The molecule has 0 amide bonds. The van der Waals surface area contributed by atoms with Gasteiger partial charge >= 0.3 is 5.97 Å². The van der Waals surface area contributed by atoms with Crippen LogP contribution >= 0.6 is 0 Å². The molecule has 0 saturated carbocycles. The number of aliphatic carboxylic acids is 1. The first kappa shape index (κ1) is 11.6. The molecular weight excluding hydrogens is 192 g/mol. The van der Waals surface area contributed by atoms with Crippen molar-refractivity contribution in [1.82, 2.24) is 0 Å². The van der Waals surface area contributed by atoms with Crippen molar-refractivity contribution in [2.75, 3.05) is 6.61 Å². The van der Waals surface area contributed by atoms with Gasteiger partial charge in [0.05, 0.1) is 13.0 Å². The first-order valence-corrected chi connectivity index (χ1v) is 4.99. The van der Waals surface area contributed by atoms with Gasteiger partial charge < -0.3 is 9.84 Å². The first-order valence-electron chi connectivity index (χ1n) is 4.99. The second kappa shape index (κ2) is 5.39. The normalized spacial score (nSPS) is 12.1. The molecule has 1 unspecified atom stereocenters. The number of hydrogen-bond acceptors (Lipinski definition) is 2. The number of carboxylic acids is 1. The summed E-state index contributed by atoms with van der Waals surface area (Å²) in [5, 5.41) is 8.57. The summed E-state index contributed by atoms with van der Waals surface area (Å²) in [6.45, 7) is 4.30. The van der Waals surface area contributed by atoms with E-state index in [0.29, 0.717) is 6.61 Å². The molecule has 3 heteroatoms. The van der Waals surface area contributed by atoms with E-state index in [2.05, 4.69) is 0 Å². The molecule has 0 spiro atoms. The molecule has 0 aromatic heterocycles. The summed E-state index contributed by atoms with van der Waals surface area (Å²) < 4.78 is 5.49. The Hall–Kier alpha value is -1.51. The summed E-state index contributed by atoms with van der Waals surface area (Å²) in [7, 11) is 0. The van der Waals surface area contributed by atoms with E-state index >= 15 is 0 Å². The number of hydrogen-bond donors (Lipinski definition) is 1. The monoisotopic (exact) mass is 208 g/mol. The Kier molecular flexibility index (Phi) is 4.16. The summed E-state index contributed by atoms with van der Waals surface area (Å²) in [4.78, 5) is 10.4. The van der Waals surface area contributed by atoms with Crippen LogP contribution in [-0.4, -0.2) is 17.7 Å². The van der Waals surface area contributed by atoms with Crippen molar-refractivity contribution < 1.29 is 14.6 Å². The highest BCUT2D eigenvalue weighted by molar-refractivity contribution is 5.66. The SMILES string of the molecule is Cc1cccc(OCC(C)CC(=O)O)c1. The van der Waals surface area contributed by atoms with E-state index in [1.54, 1.807) is 0 Å². The Morgan fingerprint density at radius 1 is 1.53 bits per heavy atom. The summed E-state index contributed by atoms with van der Waals surface area (Å²) in [5.41, 5.74) is 1.14. The van der Waals surface area contributed by atoms with Crippen LogP contribution in [0.5, 0.6) is 5.75 Å². The average molecular weight is 208 g/mol. The summed E-state index contributed by atoms with van der Waals surface area (Å²) in [5.74, 6) is 0.0468. The van der Waals surface area contributed by atoms with Gasteiger partial charge in [0.15, 0.2) is 0 Å². The van der Waals surface area contributed by atoms with Gasteiger partial charge in [-0.3, -0.25) is 4.79 Å². The maximum atomic E-state index is 10.4. The van der Waals surface area contributed by atoms with Crippen LogP contribution in [0.3, 0.4) is 0 Å². The molecule has 0 saturated heterocycles. The molecule has 1 aromatic carbocycles. The third-order valence-electron chi connectivity index (χ3n) is 2.05. The predicted octanol–water partition coefficient (Wildman–Crippen LogP) is 2.48. The summed E-state index contributed by atoms with van der Waals surface area (Å²) in [6.07, 6.45) is 0.145. The van der Waals surface area contributed by atoms with Gasteiger partial charge in [-0.25, -0.2) is 0 Å². The number of rotatable bonds is 5. The highest BCUT2D eigenvalue weighted by Gasteiger charge is 2.08. The molecule has 1 aromatic rings. The van der Waals surface area contributed by atoms with Crippen molar-refractivity contribution in [3.63, 3.8) is 0 Å². The minimum atomic E-state index is -0.782. The van der Waals surface area contributed by atoms with Crippen LogP contribution in [0.2, 0.25) is 0 Å². The van der Waals surface area contributed by atoms with Gasteiger partial charge in [-0.15, -0.1) is 0 Å². The Labute approximate surface area is 89.7 Å². The fourth-order valence-corrected chi connectivity index (χ4v) is 1.30. The minimum Gasteiger partial charge on any atom is -0.493 e. The lowest BCUT2D eigenvalue weighted by atomic mass is 10.1. The standard InChI is InChI=1S/C12H16O3/c1-9-4-3-5-11(6-9)15-8-10(2)7-12(13)14/h3-6,10H,7-8H2,1-2H3,(H,13,14). The second-order valence-electron chi connectivity index (χ2n) is 3.83. The molecule has 3 nitrogen and oxygen atoms in total. The summed E-state index contributed by atoms with van der Waals surface area (Å²) >= 11 is 0. The molecule has 0 bridgehead atoms. The molecule has 1 atom stereocenters.